The minimum atomic E-state index is -0.264. The highest BCUT2D eigenvalue weighted by atomic mass is 35.5. The quantitative estimate of drug-likeness (QED) is 0.835. The van der Waals surface area contributed by atoms with Crippen LogP contribution in [-0.4, -0.2) is 41.6 Å². The smallest absolute Gasteiger partial charge is 0.242 e. The van der Waals surface area contributed by atoms with Crippen LogP contribution in [0.3, 0.4) is 0 Å². The first-order valence-corrected chi connectivity index (χ1v) is 6.65. The zero-order valence-corrected chi connectivity index (χ0v) is 11.8. The Kier molecular flexibility index (Phi) is 4.55. The highest BCUT2D eigenvalue weighted by molar-refractivity contribution is 6.29. The molecular weight excluding hydrogens is 268 g/mol. The number of nitrogens with zero attached hydrogens (tertiary/aromatic N) is 3. The van der Waals surface area contributed by atoms with Gasteiger partial charge in [-0.2, -0.15) is 0 Å². The van der Waals surface area contributed by atoms with Crippen LogP contribution in [0.5, 0.6) is 0 Å². The van der Waals surface area contributed by atoms with Gasteiger partial charge in [-0.3, -0.25) is 4.79 Å². The highest BCUT2D eigenvalue weighted by Gasteiger charge is 2.27. The Bertz CT molecular complexity index is 469. The second-order valence-corrected chi connectivity index (χ2v) is 4.65. The van der Waals surface area contributed by atoms with Crippen molar-refractivity contribution in [1.82, 2.24) is 15.3 Å². The maximum atomic E-state index is 11.7. The van der Waals surface area contributed by atoms with E-state index in [9.17, 15) is 4.79 Å². The molecule has 1 amide bonds. The first kappa shape index (κ1) is 14.0. The van der Waals surface area contributed by atoms with E-state index in [2.05, 4.69) is 15.3 Å². The van der Waals surface area contributed by atoms with Gasteiger partial charge in [0.2, 0.25) is 5.91 Å². The monoisotopic (exact) mass is 284 g/mol. The summed E-state index contributed by atoms with van der Waals surface area (Å²) in [6.45, 7) is 5.96. The van der Waals surface area contributed by atoms with Crippen LogP contribution < -0.4 is 10.2 Å². The van der Waals surface area contributed by atoms with Gasteiger partial charge in [-0.05, 0) is 13.8 Å². The van der Waals surface area contributed by atoms with Gasteiger partial charge in [-0.15, -0.1) is 0 Å². The van der Waals surface area contributed by atoms with Gasteiger partial charge >= 0.3 is 0 Å². The molecule has 1 unspecified atom stereocenters. The number of carbonyl (C=O) groups is 1. The van der Waals surface area contributed by atoms with Gasteiger partial charge in [0.1, 0.15) is 23.6 Å². The molecule has 6 nitrogen and oxygen atoms in total. The van der Waals surface area contributed by atoms with Crippen molar-refractivity contribution < 1.29 is 9.53 Å². The van der Waals surface area contributed by atoms with Crippen molar-refractivity contribution in [2.45, 2.75) is 26.5 Å². The molecule has 19 heavy (non-hydrogen) atoms. The van der Waals surface area contributed by atoms with Crippen LogP contribution in [0, 0.1) is 0 Å². The summed E-state index contributed by atoms with van der Waals surface area (Å²) < 4.78 is 5.28. The molecule has 2 rings (SSSR count). The van der Waals surface area contributed by atoms with E-state index in [0.717, 1.165) is 0 Å². The minimum Gasteiger partial charge on any atom is -0.374 e. The van der Waals surface area contributed by atoms with Crippen LogP contribution >= 0.6 is 11.6 Å². The lowest BCUT2D eigenvalue weighted by molar-refractivity contribution is -0.122. The number of piperazine rings is 1. The van der Waals surface area contributed by atoms with Crippen LogP contribution in [0.2, 0.25) is 5.15 Å². The molecule has 1 aliphatic heterocycles. The number of hydrogen-bond donors (Lipinski definition) is 1. The van der Waals surface area contributed by atoms with Gasteiger partial charge in [-0.25, -0.2) is 9.97 Å². The lowest BCUT2D eigenvalue weighted by Gasteiger charge is -2.33. The Labute approximate surface area is 117 Å². The number of ether oxygens (including phenoxy) is 1. The molecule has 2 heterocycles. The van der Waals surface area contributed by atoms with Crippen molar-refractivity contribution in [2.75, 3.05) is 24.6 Å². The largest absolute Gasteiger partial charge is 0.374 e. The summed E-state index contributed by atoms with van der Waals surface area (Å²) in [5, 5.41) is 3.17. The molecule has 0 radical (unpaired) electrons. The highest BCUT2D eigenvalue weighted by Crippen LogP contribution is 2.20. The predicted octanol–water partition coefficient (Wildman–Crippen LogP) is 0.991. The van der Waals surface area contributed by atoms with Gasteiger partial charge in [-0.1, -0.05) is 11.6 Å². The van der Waals surface area contributed by atoms with Gasteiger partial charge in [0.15, 0.2) is 5.82 Å². The van der Waals surface area contributed by atoms with Crippen molar-refractivity contribution in [1.29, 1.82) is 0 Å². The Morgan fingerprint density at radius 2 is 2.37 bits per heavy atom. The van der Waals surface area contributed by atoms with Crippen LogP contribution in [0.25, 0.3) is 0 Å². The molecule has 1 fully saturated rings. The molecular formula is C12H17ClN4O2. The van der Waals surface area contributed by atoms with Crippen molar-refractivity contribution >= 4 is 23.3 Å². The second kappa shape index (κ2) is 6.16. The second-order valence-electron chi connectivity index (χ2n) is 4.26. The molecule has 1 N–H and O–H groups in total. The standard InChI is InChI=1S/C12H17ClN4O2/c1-3-19-7-10-15-9(13)6-11(16-10)17-5-4-14-12(18)8(17)2/h6,8H,3-5,7H2,1-2H3,(H,14,18). The van der Waals surface area contributed by atoms with E-state index in [4.69, 9.17) is 16.3 Å². The fourth-order valence-corrected chi connectivity index (χ4v) is 2.15. The molecule has 0 aromatic carbocycles. The Hall–Kier alpha value is -1.40. The summed E-state index contributed by atoms with van der Waals surface area (Å²) in [7, 11) is 0. The first-order chi connectivity index (χ1) is 9.11. The van der Waals surface area contributed by atoms with Crippen LogP contribution in [0.1, 0.15) is 19.7 Å². The Balaban J connectivity index is 2.23. The third kappa shape index (κ3) is 3.33. The molecule has 1 aromatic rings. The van der Waals surface area contributed by atoms with Crippen LogP contribution in [0.15, 0.2) is 6.07 Å². The number of anilines is 1. The van der Waals surface area contributed by atoms with Crippen LogP contribution in [0.4, 0.5) is 5.82 Å². The normalized spacial score (nSPS) is 19.4. The number of hydrogen-bond acceptors (Lipinski definition) is 5. The summed E-state index contributed by atoms with van der Waals surface area (Å²) >= 11 is 6.00. The first-order valence-electron chi connectivity index (χ1n) is 6.27. The summed E-state index contributed by atoms with van der Waals surface area (Å²) in [6, 6.07) is 1.41. The zero-order valence-electron chi connectivity index (χ0n) is 11.0. The van der Waals surface area contributed by atoms with E-state index in [1.54, 1.807) is 6.07 Å². The molecule has 1 aromatic heterocycles. The number of aromatic nitrogens is 2. The van der Waals surface area contributed by atoms with Gasteiger partial charge in [0, 0.05) is 25.8 Å². The Morgan fingerprint density at radius 1 is 1.58 bits per heavy atom. The summed E-state index contributed by atoms with van der Waals surface area (Å²) in [5.74, 6) is 1.19. The minimum absolute atomic E-state index is 0.00709. The van der Waals surface area contributed by atoms with E-state index in [0.29, 0.717) is 43.1 Å². The zero-order chi connectivity index (χ0) is 13.8. The Morgan fingerprint density at radius 3 is 3.11 bits per heavy atom. The fraction of sp³-hybridized carbons (Fsp3) is 0.583. The number of carbonyl (C=O) groups excluding carboxylic acids is 1. The predicted molar refractivity (Wildman–Crippen MR) is 72.2 cm³/mol. The lowest BCUT2D eigenvalue weighted by atomic mass is 10.2. The number of nitrogens with one attached hydrogen (secondary N) is 1. The number of amides is 1. The SMILES string of the molecule is CCOCc1nc(Cl)cc(N2CCNC(=O)C2C)n1. The molecule has 0 saturated carbocycles. The summed E-state index contributed by atoms with van der Waals surface area (Å²) in [6.07, 6.45) is 0. The molecule has 7 heteroatoms. The average molecular weight is 285 g/mol. The summed E-state index contributed by atoms with van der Waals surface area (Å²) in [5.41, 5.74) is 0. The van der Waals surface area contributed by atoms with E-state index in [1.807, 2.05) is 18.7 Å². The van der Waals surface area contributed by atoms with Crippen molar-refractivity contribution in [3.63, 3.8) is 0 Å². The van der Waals surface area contributed by atoms with E-state index in [-0.39, 0.29) is 11.9 Å². The molecule has 0 aliphatic carbocycles. The molecule has 1 aliphatic rings. The number of halogens is 1. The summed E-state index contributed by atoms with van der Waals surface area (Å²) in [4.78, 5) is 22.1. The third-order valence-corrected chi connectivity index (χ3v) is 3.15. The van der Waals surface area contributed by atoms with Crippen molar-refractivity contribution in [2.24, 2.45) is 0 Å². The fourth-order valence-electron chi connectivity index (χ4n) is 1.95. The van der Waals surface area contributed by atoms with Crippen LogP contribution in [-0.2, 0) is 16.1 Å². The molecule has 0 spiro atoms. The number of rotatable bonds is 4. The molecule has 104 valence electrons. The van der Waals surface area contributed by atoms with E-state index < -0.39 is 0 Å². The van der Waals surface area contributed by atoms with Gasteiger partial charge in [0.05, 0.1) is 0 Å². The average Bonchev–Trinajstić information content (AvgIpc) is 2.39. The molecule has 1 saturated heterocycles. The maximum Gasteiger partial charge on any atom is 0.242 e. The van der Waals surface area contributed by atoms with Crippen molar-refractivity contribution in [3.05, 3.63) is 17.0 Å². The third-order valence-electron chi connectivity index (χ3n) is 2.96. The lowest BCUT2D eigenvalue weighted by Crippen LogP contribution is -2.54. The molecule has 0 bridgehead atoms. The van der Waals surface area contributed by atoms with Gasteiger partial charge in [0.25, 0.3) is 0 Å². The van der Waals surface area contributed by atoms with Gasteiger partial charge < -0.3 is 15.0 Å². The van der Waals surface area contributed by atoms with E-state index in [1.165, 1.54) is 0 Å². The molecule has 1 atom stereocenters. The van der Waals surface area contributed by atoms with Crippen molar-refractivity contribution in [3.8, 4) is 0 Å². The van der Waals surface area contributed by atoms with E-state index >= 15 is 0 Å². The topological polar surface area (TPSA) is 67.3 Å². The maximum absolute atomic E-state index is 11.7.